The van der Waals surface area contributed by atoms with Crippen LogP contribution in [0.25, 0.3) is 11.5 Å². The third-order valence-electron chi connectivity index (χ3n) is 3.35. The third-order valence-corrected chi connectivity index (χ3v) is 3.35. The zero-order valence-corrected chi connectivity index (χ0v) is 9.84. The molecule has 0 spiro atoms. The maximum atomic E-state index is 5.82. The first-order valence-corrected chi connectivity index (χ1v) is 5.61. The Kier molecular flexibility index (Phi) is 1.98. The summed E-state index contributed by atoms with van der Waals surface area (Å²) in [6.07, 6.45) is 4.36. The second-order valence-electron chi connectivity index (χ2n) is 5.17. The summed E-state index contributed by atoms with van der Waals surface area (Å²) in [5.74, 6) is 1.66. The first-order chi connectivity index (χ1) is 8.08. The number of hydrogen-bond donors (Lipinski definition) is 1. The fraction of sp³-hybridized carbons (Fsp3) is 0.417. The minimum atomic E-state index is 0.297. The van der Waals surface area contributed by atoms with Gasteiger partial charge >= 0.3 is 0 Å². The van der Waals surface area contributed by atoms with Crippen molar-refractivity contribution < 1.29 is 4.52 Å². The van der Waals surface area contributed by atoms with Gasteiger partial charge in [-0.05, 0) is 17.9 Å². The van der Waals surface area contributed by atoms with Crippen LogP contribution in [-0.4, -0.2) is 15.1 Å². The zero-order chi connectivity index (χ0) is 12.0. The van der Waals surface area contributed by atoms with E-state index in [4.69, 9.17) is 10.3 Å². The Morgan fingerprint density at radius 2 is 2.24 bits per heavy atom. The van der Waals surface area contributed by atoms with E-state index in [1.165, 1.54) is 0 Å². The van der Waals surface area contributed by atoms with E-state index in [-0.39, 0.29) is 0 Å². The average molecular weight is 230 g/mol. The normalized spacial score (nSPS) is 21.4. The fourth-order valence-corrected chi connectivity index (χ4v) is 2.00. The van der Waals surface area contributed by atoms with Gasteiger partial charge in [0.2, 0.25) is 0 Å². The maximum Gasteiger partial charge on any atom is 0.260 e. The van der Waals surface area contributed by atoms with E-state index < -0.39 is 0 Å². The predicted octanol–water partition coefficient (Wildman–Crippen LogP) is 2.23. The van der Waals surface area contributed by atoms with Crippen LogP contribution < -0.4 is 5.73 Å². The molecule has 88 valence electrons. The van der Waals surface area contributed by atoms with Crippen LogP contribution in [0.3, 0.4) is 0 Å². The zero-order valence-electron chi connectivity index (χ0n) is 9.84. The Morgan fingerprint density at radius 1 is 1.47 bits per heavy atom. The first kappa shape index (κ1) is 10.3. The number of rotatable bonds is 2. The average Bonchev–Trinajstić information content (AvgIpc) is 2.76. The van der Waals surface area contributed by atoms with Crippen LogP contribution in [0.4, 0.5) is 5.69 Å². The van der Waals surface area contributed by atoms with Gasteiger partial charge < -0.3 is 10.3 Å². The highest BCUT2D eigenvalue weighted by atomic mass is 16.5. The van der Waals surface area contributed by atoms with Gasteiger partial charge in [0, 0.05) is 12.1 Å². The smallest absolute Gasteiger partial charge is 0.260 e. The number of nitrogens with two attached hydrogens (primary N) is 1. The lowest BCUT2D eigenvalue weighted by Gasteiger charge is -1.97. The van der Waals surface area contributed by atoms with Crippen molar-refractivity contribution in [3.8, 4) is 11.5 Å². The van der Waals surface area contributed by atoms with Crippen molar-refractivity contribution in [2.45, 2.75) is 26.2 Å². The molecule has 1 unspecified atom stereocenters. The highest BCUT2D eigenvalue weighted by molar-refractivity contribution is 5.68. The SMILES string of the molecule is CC1(C)CC1c1noc(-c2ccncc2N)n1. The van der Waals surface area contributed by atoms with E-state index in [2.05, 4.69) is 29.0 Å². The summed E-state index contributed by atoms with van der Waals surface area (Å²) in [5, 5.41) is 4.03. The van der Waals surface area contributed by atoms with Gasteiger partial charge in [0.05, 0.1) is 17.4 Å². The van der Waals surface area contributed by atoms with Gasteiger partial charge in [-0.15, -0.1) is 0 Å². The summed E-state index contributed by atoms with van der Waals surface area (Å²) in [5.41, 5.74) is 7.41. The Hall–Kier alpha value is -1.91. The number of hydrogen-bond acceptors (Lipinski definition) is 5. The van der Waals surface area contributed by atoms with Crippen LogP contribution >= 0.6 is 0 Å². The topological polar surface area (TPSA) is 77.8 Å². The molecule has 0 aromatic carbocycles. The van der Waals surface area contributed by atoms with Gasteiger partial charge in [-0.1, -0.05) is 19.0 Å². The number of aromatic nitrogens is 3. The van der Waals surface area contributed by atoms with Gasteiger partial charge in [0.1, 0.15) is 0 Å². The van der Waals surface area contributed by atoms with Crippen LogP contribution in [0.1, 0.15) is 32.0 Å². The van der Waals surface area contributed by atoms with E-state index in [9.17, 15) is 0 Å². The van der Waals surface area contributed by atoms with Crippen molar-refractivity contribution in [2.24, 2.45) is 5.41 Å². The molecule has 1 atom stereocenters. The lowest BCUT2D eigenvalue weighted by atomic mass is 10.1. The van der Waals surface area contributed by atoms with Gasteiger partial charge in [-0.3, -0.25) is 4.98 Å². The van der Waals surface area contributed by atoms with Crippen molar-refractivity contribution in [1.29, 1.82) is 0 Å². The predicted molar refractivity (Wildman–Crippen MR) is 63.1 cm³/mol. The van der Waals surface area contributed by atoms with E-state index in [0.717, 1.165) is 17.8 Å². The molecular weight excluding hydrogens is 216 g/mol. The van der Waals surface area contributed by atoms with E-state index in [0.29, 0.717) is 22.9 Å². The second kappa shape index (κ2) is 3.29. The van der Waals surface area contributed by atoms with Gasteiger partial charge in [0.25, 0.3) is 5.89 Å². The molecule has 0 bridgehead atoms. The Balaban J connectivity index is 1.94. The van der Waals surface area contributed by atoms with E-state index in [1.54, 1.807) is 18.5 Å². The first-order valence-electron chi connectivity index (χ1n) is 5.61. The minimum Gasteiger partial charge on any atom is -0.397 e. The summed E-state index contributed by atoms with van der Waals surface area (Å²) < 4.78 is 5.26. The molecule has 2 aromatic rings. The molecule has 2 N–H and O–H groups in total. The van der Waals surface area contributed by atoms with E-state index in [1.807, 2.05) is 0 Å². The molecule has 1 saturated carbocycles. The highest BCUT2D eigenvalue weighted by Gasteiger charge is 2.49. The molecule has 2 heterocycles. The summed E-state index contributed by atoms with van der Waals surface area (Å²) in [6.45, 7) is 4.41. The largest absolute Gasteiger partial charge is 0.397 e. The molecule has 1 fully saturated rings. The molecule has 17 heavy (non-hydrogen) atoms. The molecule has 0 amide bonds. The Bertz CT molecular complexity index is 561. The number of nitrogen functional groups attached to an aromatic ring is 1. The molecule has 0 saturated heterocycles. The Labute approximate surface area is 99.1 Å². The van der Waals surface area contributed by atoms with Gasteiger partial charge in [0.15, 0.2) is 5.82 Å². The van der Waals surface area contributed by atoms with Gasteiger partial charge in [-0.2, -0.15) is 4.98 Å². The summed E-state index contributed by atoms with van der Waals surface area (Å²) in [7, 11) is 0. The van der Waals surface area contributed by atoms with Crippen molar-refractivity contribution in [1.82, 2.24) is 15.1 Å². The van der Waals surface area contributed by atoms with E-state index >= 15 is 0 Å². The monoisotopic (exact) mass is 230 g/mol. The standard InChI is InChI=1S/C12H14N4O/c1-12(2)5-8(12)10-15-11(17-16-10)7-3-4-14-6-9(7)13/h3-4,6,8H,5,13H2,1-2H3. The lowest BCUT2D eigenvalue weighted by molar-refractivity contribution is 0.419. The van der Waals surface area contributed by atoms with Crippen LogP contribution in [0, 0.1) is 5.41 Å². The number of anilines is 1. The molecule has 5 nitrogen and oxygen atoms in total. The molecule has 2 aromatic heterocycles. The van der Waals surface area contributed by atoms with Gasteiger partial charge in [-0.25, -0.2) is 0 Å². The van der Waals surface area contributed by atoms with Crippen molar-refractivity contribution >= 4 is 5.69 Å². The quantitative estimate of drug-likeness (QED) is 0.855. The van der Waals surface area contributed by atoms with Crippen LogP contribution in [0.5, 0.6) is 0 Å². The van der Waals surface area contributed by atoms with Crippen LogP contribution in [0.15, 0.2) is 23.0 Å². The lowest BCUT2D eigenvalue weighted by Crippen LogP contribution is -1.93. The molecule has 1 aliphatic rings. The van der Waals surface area contributed by atoms with Crippen molar-refractivity contribution in [3.05, 3.63) is 24.3 Å². The fourth-order valence-electron chi connectivity index (χ4n) is 2.00. The molecule has 0 aliphatic heterocycles. The molecular formula is C12H14N4O. The second-order valence-corrected chi connectivity index (χ2v) is 5.17. The minimum absolute atomic E-state index is 0.297. The maximum absolute atomic E-state index is 5.82. The molecule has 3 rings (SSSR count). The molecule has 1 aliphatic carbocycles. The molecule has 5 heteroatoms. The number of pyridine rings is 1. The number of nitrogens with zero attached hydrogens (tertiary/aromatic N) is 3. The van der Waals surface area contributed by atoms with Crippen LogP contribution in [-0.2, 0) is 0 Å². The highest BCUT2D eigenvalue weighted by Crippen LogP contribution is 2.57. The summed E-state index contributed by atoms with van der Waals surface area (Å²) in [6, 6.07) is 1.78. The summed E-state index contributed by atoms with van der Waals surface area (Å²) >= 11 is 0. The van der Waals surface area contributed by atoms with Crippen molar-refractivity contribution in [3.63, 3.8) is 0 Å². The van der Waals surface area contributed by atoms with Crippen LogP contribution in [0.2, 0.25) is 0 Å². The summed E-state index contributed by atoms with van der Waals surface area (Å²) in [4.78, 5) is 8.35. The third kappa shape index (κ3) is 1.67. The Morgan fingerprint density at radius 3 is 2.88 bits per heavy atom. The van der Waals surface area contributed by atoms with Crippen molar-refractivity contribution in [2.75, 3.05) is 5.73 Å². The molecule has 0 radical (unpaired) electrons.